The minimum atomic E-state index is -0.0330. The van der Waals surface area contributed by atoms with Gasteiger partial charge in [-0.25, -0.2) is 0 Å². The lowest BCUT2D eigenvalue weighted by atomic mass is 9.32. The maximum absolute atomic E-state index is 2.86. The van der Waals surface area contributed by atoms with Crippen LogP contribution in [0.4, 0.5) is 34.1 Å². The van der Waals surface area contributed by atoms with Crippen molar-refractivity contribution in [3.8, 4) is 11.1 Å². The summed E-state index contributed by atoms with van der Waals surface area (Å²) in [7, 11) is 0. The van der Waals surface area contributed by atoms with Crippen LogP contribution in [0.1, 0.15) is 195 Å². The lowest BCUT2D eigenvalue weighted by molar-refractivity contribution is -0.212. The standard InChI is InChI=1S/C75H87BN2S/c1-69(2,3)44-19-17-43(18-20-44)50-32-45(70(4,5)6)21-26-61(50)78-62-27-22-47(72(10,11)12)34-60(62)76-66-63(35-48(36-64(66)78)75-38-55-51-29-42-30-52(55)57(40-75)53(31-42)56(51)39-75)77(49-24-25-58-59(37-49)74(15,16)41-73(58,13)14)67-54-33-46(71(7,8)9)23-28-65(54)79-68(67)76/h17-28,32-37,42,51-53,55-57H,29-31,38-41H2,1-16H3/t42?,51-,52-,53?,55?,56?,57?,75-/m0/s1. The highest BCUT2D eigenvalue weighted by Gasteiger charge is 2.68. The maximum Gasteiger partial charge on any atom is 0.264 e. The van der Waals surface area contributed by atoms with Crippen LogP contribution in [0.15, 0.2) is 109 Å². The normalized spacial score (nSPS) is 27.4. The summed E-state index contributed by atoms with van der Waals surface area (Å²) in [4.78, 5) is 5.67. The molecule has 6 aromatic carbocycles. The largest absolute Gasteiger partial charge is 0.311 e. The Kier molecular flexibility index (Phi) is 10.4. The molecule has 4 heteroatoms. The van der Waals surface area contributed by atoms with Gasteiger partial charge in [-0.2, -0.15) is 0 Å². The minimum Gasteiger partial charge on any atom is -0.311 e. The molecular formula is C75H87BN2S. The van der Waals surface area contributed by atoms with Gasteiger partial charge in [0.1, 0.15) is 0 Å². The Morgan fingerprint density at radius 3 is 1.59 bits per heavy atom. The molecule has 7 fully saturated rings. The molecule has 0 spiro atoms. The highest BCUT2D eigenvalue weighted by atomic mass is 32.1. The Morgan fingerprint density at radius 2 is 1.00 bits per heavy atom. The molecule has 17 rings (SSSR count). The van der Waals surface area contributed by atoms with E-state index < -0.39 is 0 Å². The third kappa shape index (κ3) is 7.32. The number of hydrogen-bond acceptors (Lipinski definition) is 3. The van der Waals surface area contributed by atoms with Gasteiger partial charge in [0.2, 0.25) is 0 Å². The van der Waals surface area contributed by atoms with Gasteiger partial charge in [0.25, 0.3) is 6.71 Å². The number of benzene rings is 6. The van der Waals surface area contributed by atoms with Crippen LogP contribution in [-0.4, -0.2) is 6.71 Å². The van der Waals surface area contributed by atoms with Crippen molar-refractivity contribution in [2.24, 2.45) is 41.4 Å². The van der Waals surface area contributed by atoms with Crippen molar-refractivity contribution < 1.29 is 0 Å². The summed E-state index contributed by atoms with van der Waals surface area (Å²) in [6.45, 7) is 38.6. The van der Waals surface area contributed by atoms with Crippen molar-refractivity contribution in [2.45, 2.75) is 194 Å². The second-order valence-corrected chi connectivity index (χ2v) is 33.8. The quantitative estimate of drug-likeness (QED) is 0.162. The average molecular weight is 1060 g/mol. The summed E-state index contributed by atoms with van der Waals surface area (Å²) >= 11 is 2.07. The van der Waals surface area contributed by atoms with Crippen LogP contribution in [0.3, 0.4) is 0 Å². The fourth-order valence-electron chi connectivity index (χ4n) is 19.2. The Labute approximate surface area is 479 Å². The van der Waals surface area contributed by atoms with Crippen LogP contribution in [0.5, 0.6) is 0 Å². The smallest absolute Gasteiger partial charge is 0.264 e. The summed E-state index contributed by atoms with van der Waals surface area (Å²) in [6, 6.07) is 45.9. The third-order valence-corrected chi connectivity index (χ3v) is 24.0. The minimum absolute atomic E-state index is 0.00799. The number of thiophene rings is 1. The molecule has 0 amide bonds. The number of fused-ring (bicyclic) bond motifs is 7. The first-order valence-electron chi connectivity index (χ1n) is 31.0. The molecule has 0 atom stereocenters. The van der Waals surface area contributed by atoms with Gasteiger partial charge in [-0.15, -0.1) is 11.3 Å². The number of rotatable bonds is 4. The van der Waals surface area contributed by atoms with Gasteiger partial charge >= 0.3 is 0 Å². The predicted molar refractivity (Wildman–Crippen MR) is 341 cm³/mol. The zero-order valence-corrected chi connectivity index (χ0v) is 51.6. The van der Waals surface area contributed by atoms with Gasteiger partial charge in [0.05, 0.1) is 11.4 Å². The van der Waals surface area contributed by atoms with Gasteiger partial charge in [0, 0.05) is 43.2 Å². The first kappa shape index (κ1) is 50.9. The van der Waals surface area contributed by atoms with Crippen LogP contribution in [0, 0.1) is 41.4 Å². The van der Waals surface area contributed by atoms with E-state index >= 15 is 0 Å². The van der Waals surface area contributed by atoms with Crippen LogP contribution in [-0.2, 0) is 37.9 Å². The molecule has 0 unspecified atom stereocenters. The van der Waals surface area contributed by atoms with Crippen molar-refractivity contribution in [1.82, 2.24) is 0 Å². The van der Waals surface area contributed by atoms with Crippen molar-refractivity contribution in [3.05, 3.63) is 148 Å². The van der Waals surface area contributed by atoms with Crippen molar-refractivity contribution in [2.75, 3.05) is 9.80 Å². The maximum atomic E-state index is 2.86. The predicted octanol–water partition coefficient (Wildman–Crippen LogP) is 18.8. The van der Waals surface area contributed by atoms with Crippen molar-refractivity contribution in [1.29, 1.82) is 0 Å². The molecule has 0 N–H and O–H groups in total. The molecule has 0 saturated heterocycles. The SMILES string of the molecule is CC(C)(C)c1ccc(-c2cc(C(C)(C)C)ccc2N2c3ccc(C(C)(C)C)cc3B3c4sc5ccc(C(C)(C)C)cc5c4N(c4ccc5c(c4)C(C)(C)CC5(C)C)c4cc([C@]56CC7C8CC9C[C@H]7C(C5)[C@H](C9)C8C6)cc2c43)cc1. The average Bonchev–Trinajstić information content (AvgIpc) is 3.38. The van der Waals surface area contributed by atoms with E-state index in [1.165, 1.54) is 143 Å². The van der Waals surface area contributed by atoms with E-state index in [0.29, 0.717) is 0 Å². The lowest BCUT2D eigenvalue weighted by Gasteiger charge is -2.72. The number of anilines is 6. The Balaban J connectivity index is 1.06. The Bertz CT molecular complexity index is 3660. The molecule has 79 heavy (non-hydrogen) atoms. The number of hydrogen-bond donors (Lipinski definition) is 0. The molecular weight excluding hydrogens is 972 g/mol. The Hall–Kier alpha value is -5.06. The van der Waals surface area contributed by atoms with E-state index in [-0.39, 0.29) is 44.6 Å². The van der Waals surface area contributed by atoms with E-state index in [4.69, 9.17) is 0 Å². The third-order valence-electron chi connectivity index (χ3n) is 22.8. The van der Waals surface area contributed by atoms with Crippen molar-refractivity contribution >= 4 is 78.0 Å². The highest BCUT2D eigenvalue weighted by Crippen LogP contribution is 2.75. The first-order valence-corrected chi connectivity index (χ1v) is 31.8. The molecule has 406 valence electrons. The highest BCUT2D eigenvalue weighted by molar-refractivity contribution is 7.33. The van der Waals surface area contributed by atoms with Crippen LogP contribution in [0.25, 0.3) is 21.2 Å². The molecule has 8 aliphatic carbocycles. The second-order valence-electron chi connectivity index (χ2n) is 32.8. The zero-order valence-electron chi connectivity index (χ0n) is 50.8. The second kappa shape index (κ2) is 16.1. The monoisotopic (exact) mass is 1060 g/mol. The number of nitrogens with zero attached hydrogens (tertiary/aromatic N) is 2. The van der Waals surface area contributed by atoms with Gasteiger partial charge < -0.3 is 9.80 Å². The fraction of sp³-hybridized carbons (Fsp3) is 0.493. The molecule has 1 aromatic heterocycles. The van der Waals surface area contributed by atoms with E-state index in [1.54, 1.807) is 5.56 Å². The summed E-state index contributed by atoms with van der Waals surface area (Å²) in [6.07, 6.45) is 9.80. The molecule has 2 aliphatic heterocycles. The Morgan fingerprint density at radius 1 is 0.481 bits per heavy atom. The van der Waals surface area contributed by atoms with Gasteiger partial charge in [0.15, 0.2) is 0 Å². The van der Waals surface area contributed by atoms with E-state index in [1.807, 2.05) is 0 Å². The van der Waals surface area contributed by atoms with Gasteiger partial charge in [-0.1, -0.05) is 165 Å². The fourth-order valence-corrected chi connectivity index (χ4v) is 20.5. The summed E-state index contributed by atoms with van der Waals surface area (Å²) in [5, 5.41) is 1.40. The van der Waals surface area contributed by atoms with Gasteiger partial charge in [-0.05, 0) is 234 Å². The summed E-state index contributed by atoms with van der Waals surface area (Å²) < 4.78 is 2.87. The van der Waals surface area contributed by atoms with Crippen molar-refractivity contribution in [3.63, 3.8) is 0 Å². The van der Waals surface area contributed by atoms with E-state index in [9.17, 15) is 0 Å². The van der Waals surface area contributed by atoms with Crippen LogP contribution in [0.2, 0.25) is 0 Å². The van der Waals surface area contributed by atoms with E-state index in [0.717, 1.165) is 47.8 Å². The molecule has 3 heterocycles. The molecule has 8 bridgehead atoms. The van der Waals surface area contributed by atoms with Gasteiger partial charge in [-0.3, -0.25) is 0 Å². The molecule has 0 radical (unpaired) electrons. The topological polar surface area (TPSA) is 6.48 Å². The van der Waals surface area contributed by atoms with Crippen LogP contribution < -0.4 is 25.5 Å². The molecule has 7 aromatic rings. The first-order chi connectivity index (χ1) is 37.1. The molecule has 10 aliphatic rings. The zero-order chi connectivity index (χ0) is 55.2. The lowest BCUT2D eigenvalue weighted by Crippen LogP contribution is -2.66. The summed E-state index contributed by atoms with van der Waals surface area (Å²) in [5.74, 6) is 6.50. The molecule has 7 saturated carbocycles. The molecule has 2 nitrogen and oxygen atoms in total. The summed E-state index contributed by atoms with van der Waals surface area (Å²) in [5.41, 5.74) is 24.3. The van der Waals surface area contributed by atoms with E-state index in [2.05, 4.69) is 241 Å². The van der Waals surface area contributed by atoms with Crippen LogP contribution >= 0.6 is 11.3 Å².